The minimum absolute atomic E-state index is 0.00362. The van der Waals surface area contributed by atoms with E-state index in [1.807, 2.05) is 0 Å². The number of likely N-dealkylation sites (tertiary alicyclic amines) is 1. The SMILES string of the molecule is CC(=O)N1CCC(Oc2ncc3ncnc(Nc4ccc(F)c(Cl)c4)c3n2)CC1. The number of piperidine rings is 1. The maximum atomic E-state index is 13.4. The number of fused-ring (bicyclic) bond motifs is 1. The Morgan fingerprint density at radius 2 is 2.07 bits per heavy atom. The number of halogens is 2. The molecular formula is C19H18ClFN6O2. The number of nitrogens with one attached hydrogen (secondary N) is 1. The second-order valence-electron chi connectivity index (χ2n) is 6.69. The fourth-order valence-corrected chi connectivity index (χ4v) is 3.31. The normalized spacial score (nSPS) is 14.8. The number of carbonyl (C=O) groups excluding carboxylic acids is 1. The Balaban J connectivity index is 1.54. The van der Waals surface area contributed by atoms with Gasteiger partial charge in [-0.25, -0.2) is 19.3 Å². The summed E-state index contributed by atoms with van der Waals surface area (Å²) in [5.74, 6) is -0.00548. The molecule has 0 spiro atoms. The zero-order valence-corrected chi connectivity index (χ0v) is 16.4. The lowest BCUT2D eigenvalue weighted by Gasteiger charge is -2.30. The van der Waals surface area contributed by atoms with Crippen LogP contribution < -0.4 is 10.1 Å². The Hall–Kier alpha value is -3.07. The molecule has 1 N–H and O–H groups in total. The van der Waals surface area contributed by atoms with E-state index in [1.165, 1.54) is 18.5 Å². The van der Waals surface area contributed by atoms with Gasteiger partial charge in [0.05, 0.1) is 11.2 Å². The molecule has 150 valence electrons. The summed E-state index contributed by atoms with van der Waals surface area (Å²) in [7, 11) is 0. The minimum Gasteiger partial charge on any atom is -0.460 e. The number of benzene rings is 1. The lowest BCUT2D eigenvalue weighted by Crippen LogP contribution is -2.40. The van der Waals surface area contributed by atoms with Crippen molar-refractivity contribution in [1.82, 2.24) is 24.8 Å². The largest absolute Gasteiger partial charge is 0.460 e. The van der Waals surface area contributed by atoms with E-state index < -0.39 is 5.82 Å². The summed E-state index contributed by atoms with van der Waals surface area (Å²) in [5, 5.41) is 3.08. The smallest absolute Gasteiger partial charge is 0.317 e. The Kier molecular flexibility index (Phi) is 5.39. The number of rotatable bonds is 4. The molecule has 1 saturated heterocycles. The second kappa shape index (κ2) is 8.12. The average molecular weight is 417 g/mol. The molecule has 29 heavy (non-hydrogen) atoms. The van der Waals surface area contributed by atoms with Gasteiger partial charge in [-0.15, -0.1) is 0 Å². The molecule has 8 nitrogen and oxygen atoms in total. The highest BCUT2D eigenvalue weighted by molar-refractivity contribution is 6.31. The molecule has 2 aromatic heterocycles. The van der Waals surface area contributed by atoms with Crippen LogP contribution in [0, 0.1) is 5.82 Å². The Bertz CT molecular complexity index is 1060. The maximum absolute atomic E-state index is 13.4. The van der Waals surface area contributed by atoms with E-state index in [4.69, 9.17) is 16.3 Å². The van der Waals surface area contributed by atoms with E-state index >= 15 is 0 Å². The molecule has 1 amide bonds. The molecule has 0 radical (unpaired) electrons. The number of ether oxygens (including phenoxy) is 1. The summed E-state index contributed by atoms with van der Waals surface area (Å²) in [4.78, 5) is 30.3. The Morgan fingerprint density at radius 3 is 2.79 bits per heavy atom. The lowest BCUT2D eigenvalue weighted by atomic mass is 10.1. The summed E-state index contributed by atoms with van der Waals surface area (Å²) in [6.07, 6.45) is 4.31. The van der Waals surface area contributed by atoms with E-state index in [9.17, 15) is 9.18 Å². The van der Waals surface area contributed by atoms with Crippen molar-refractivity contribution >= 4 is 40.0 Å². The summed E-state index contributed by atoms with van der Waals surface area (Å²) < 4.78 is 19.3. The van der Waals surface area contributed by atoms with Gasteiger partial charge in [-0.2, -0.15) is 4.98 Å². The van der Waals surface area contributed by atoms with Crippen molar-refractivity contribution in [3.63, 3.8) is 0 Å². The second-order valence-corrected chi connectivity index (χ2v) is 7.09. The number of carbonyl (C=O) groups is 1. The number of hydrogen-bond acceptors (Lipinski definition) is 7. The van der Waals surface area contributed by atoms with E-state index in [0.717, 1.165) is 0 Å². The molecule has 0 atom stereocenters. The van der Waals surface area contributed by atoms with Gasteiger partial charge in [0.25, 0.3) is 0 Å². The average Bonchev–Trinajstić information content (AvgIpc) is 2.71. The fraction of sp³-hybridized carbons (Fsp3) is 0.316. The fourth-order valence-electron chi connectivity index (χ4n) is 3.13. The number of nitrogens with zero attached hydrogens (tertiary/aromatic N) is 5. The van der Waals surface area contributed by atoms with Crippen molar-refractivity contribution < 1.29 is 13.9 Å². The highest BCUT2D eigenvalue weighted by Crippen LogP contribution is 2.26. The van der Waals surface area contributed by atoms with Crippen LogP contribution in [0.2, 0.25) is 5.02 Å². The summed E-state index contributed by atoms with van der Waals surface area (Å²) in [6.45, 7) is 2.86. The first kappa shape index (κ1) is 19.3. The van der Waals surface area contributed by atoms with Crippen molar-refractivity contribution in [2.75, 3.05) is 18.4 Å². The molecule has 1 aromatic carbocycles. The molecule has 0 unspecified atom stereocenters. The molecular weight excluding hydrogens is 399 g/mol. The maximum Gasteiger partial charge on any atom is 0.317 e. The summed E-state index contributed by atoms with van der Waals surface area (Å²) in [5.41, 5.74) is 1.57. The molecule has 1 aliphatic heterocycles. The van der Waals surface area contributed by atoms with Crippen LogP contribution in [0.1, 0.15) is 19.8 Å². The van der Waals surface area contributed by atoms with Gasteiger partial charge >= 0.3 is 6.01 Å². The van der Waals surface area contributed by atoms with Crippen molar-refractivity contribution in [2.24, 2.45) is 0 Å². The van der Waals surface area contributed by atoms with Gasteiger partial charge in [-0.05, 0) is 18.2 Å². The van der Waals surface area contributed by atoms with E-state index in [1.54, 1.807) is 24.1 Å². The van der Waals surface area contributed by atoms with Gasteiger partial charge in [0.1, 0.15) is 29.3 Å². The number of amides is 1. The molecule has 1 fully saturated rings. The zero-order valence-electron chi connectivity index (χ0n) is 15.6. The van der Waals surface area contributed by atoms with Crippen molar-refractivity contribution in [3.05, 3.63) is 41.6 Å². The molecule has 4 rings (SSSR count). The predicted molar refractivity (Wildman–Crippen MR) is 106 cm³/mol. The standard InChI is InChI=1S/C19H18ClFN6O2/c1-11(28)27-6-4-13(5-7-27)29-19-22-9-16-17(26-19)18(24-10-23-16)25-12-2-3-15(21)14(20)8-12/h2-3,8-10,13H,4-7H2,1H3,(H,23,24,25). The van der Waals surface area contributed by atoms with Crippen LogP contribution in [-0.4, -0.2) is 49.9 Å². The van der Waals surface area contributed by atoms with Crippen LogP contribution in [0.15, 0.2) is 30.7 Å². The number of aromatic nitrogens is 4. The summed E-state index contributed by atoms with van der Waals surface area (Å²) in [6, 6.07) is 4.50. The molecule has 0 aliphatic carbocycles. The first-order valence-electron chi connectivity index (χ1n) is 9.11. The molecule has 0 bridgehead atoms. The third-order valence-corrected chi connectivity index (χ3v) is 4.99. The Morgan fingerprint density at radius 1 is 1.28 bits per heavy atom. The lowest BCUT2D eigenvalue weighted by molar-refractivity contribution is -0.130. The van der Waals surface area contributed by atoms with Crippen LogP contribution in [0.3, 0.4) is 0 Å². The third-order valence-electron chi connectivity index (χ3n) is 4.70. The quantitative estimate of drug-likeness (QED) is 0.697. The van der Waals surface area contributed by atoms with Crippen LogP contribution >= 0.6 is 11.6 Å². The summed E-state index contributed by atoms with van der Waals surface area (Å²) >= 11 is 5.84. The predicted octanol–water partition coefficient (Wildman–Crippen LogP) is 3.35. The molecule has 3 aromatic rings. The van der Waals surface area contributed by atoms with Gasteiger partial charge in [0, 0.05) is 38.5 Å². The first-order valence-corrected chi connectivity index (χ1v) is 9.49. The molecule has 3 heterocycles. The van der Waals surface area contributed by atoms with Gasteiger partial charge in [-0.3, -0.25) is 4.79 Å². The van der Waals surface area contributed by atoms with Crippen molar-refractivity contribution in [1.29, 1.82) is 0 Å². The zero-order chi connectivity index (χ0) is 20.4. The topological polar surface area (TPSA) is 93.1 Å². The van der Waals surface area contributed by atoms with Crippen LogP contribution in [0.25, 0.3) is 11.0 Å². The monoisotopic (exact) mass is 416 g/mol. The third kappa shape index (κ3) is 4.34. The van der Waals surface area contributed by atoms with Crippen molar-refractivity contribution in [2.45, 2.75) is 25.9 Å². The van der Waals surface area contributed by atoms with Gasteiger partial charge in [0.15, 0.2) is 5.82 Å². The van der Waals surface area contributed by atoms with E-state index in [-0.39, 0.29) is 23.0 Å². The van der Waals surface area contributed by atoms with Gasteiger partial charge in [0.2, 0.25) is 5.91 Å². The highest BCUT2D eigenvalue weighted by atomic mass is 35.5. The molecule has 10 heteroatoms. The van der Waals surface area contributed by atoms with Crippen LogP contribution in [0.4, 0.5) is 15.9 Å². The minimum atomic E-state index is -0.501. The van der Waals surface area contributed by atoms with Gasteiger partial charge < -0.3 is 15.0 Å². The van der Waals surface area contributed by atoms with E-state index in [0.29, 0.717) is 48.5 Å². The van der Waals surface area contributed by atoms with Gasteiger partial charge in [-0.1, -0.05) is 11.6 Å². The number of anilines is 2. The van der Waals surface area contributed by atoms with Crippen LogP contribution in [0.5, 0.6) is 6.01 Å². The highest BCUT2D eigenvalue weighted by Gasteiger charge is 2.23. The molecule has 0 saturated carbocycles. The van der Waals surface area contributed by atoms with E-state index in [2.05, 4.69) is 25.3 Å². The molecule has 1 aliphatic rings. The van der Waals surface area contributed by atoms with Crippen molar-refractivity contribution in [3.8, 4) is 6.01 Å². The Labute approximate surface area is 171 Å². The number of hydrogen-bond donors (Lipinski definition) is 1. The first-order chi connectivity index (χ1) is 14.0. The van der Waals surface area contributed by atoms with Crippen LogP contribution in [-0.2, 0) is 4.79 Å².